The number of nitrogens with two attached hydrogens (primary N) is 1. The maximum absolute atomic E-state index is 11.9. The molecule has 1 atom stereocenters. The average molecular weight is 286 g/mol. The lowest BCUT2D eigenvalue weighted by molar-refractivity contribution is -0.120. The number of nitrogens with one attached hydrogen (secondary N) is 1. The Bertz CT molecular complexity index is 470. The molecule has 1 aromatic carbocycles. The van der Waals surface area contributed by atoms with Gasteiger partial charge in [0.15, 0.2) is 0 Å². The molecule has 0 heterocycles. The second-order valence-electron chi connectivity index (χ2n) is 6.63. The van der Waals surface area contributed by atoms with Gasteiger partial charge in [0, 0.05) is 6.04 Å². The maximum atomic E-state index is 11.9. The van der Waals surface area contributed by atoms with E-state index in [1.807, 2.05) is 0 Å². The van der Waals surface area contributed by atoms with Gasteiger partial charge in [-0.2, -0.15) is 0 Å². The van der Waals surface area contributed by atoms with E-state index in [0.717, 1.165) is 24.3 Å². The first-order chi connectivity index (χ1) is 10.2. The third kappa shape index (κ3) is 3.85. The predicted octanol–water partition coefficient (Wildman–Crippen LogP) is 3.40. The molecular formula is C18H26N2O. The molecule has 1 amide bonds. The summed E-state index contributed by atoms with van der Waals surface area (Å²) >= 11 is 0. The largest absolute Gasteiger partial charge is 0.368 e. The predicted molar refractivity (Wildman–Crippen MR) is 85.0 cm³/mol. The summed E-state index contributed by atoms with van der Waals surface area (Å²) in [6.07, 6.45) is 10.1. The number of primary amides is 1. The number of carbonyl (C=O) groups is 1. The van der Waals surface area contributed by atoms with Gasteiger partial charge in [0.2, 0.25) is 5.91 Å². The zero-order chi connectivity index (χ0) is 14.7. The van der Waals surface area contributed by atoms with Crippen molar-refractivity contribution < 1.29 is 4.79 Å². The van der Waals surface area contributed by atoms with Crippen molar-refractivity contribution in [3.05, 3.63) is 35.4 Å². The normalized spacial score (nSPS) is 21.7. The molecule has 1 aromatic rings. The molecule has 2 saturated carbocycles. The Morgan fingerprint density at radius 1 is 1.00 bits per heavy atom. The molecule has 0 spiro atoms. The first kappa shape index (κ1) is 14.6. The van der Waals surface area contributed by atoms with Gasteiger partial charge in [-0.25, -0.2) is 0 Å². The third-order valence-electron chi connectivity index (χ3n) is 4.86. The zero-order valence-corrected chi connectivity index (χ0v) is 12.7. The second kappa shape index (κ2) is 6.61. The molecule has 0 aliphatic heterocycles. The fourth-order valence-corrected chi connectivity index (χ4v) is 3.40. The number of amides is 1. The molecule has 3 rings (SSSR count). The summed E-state index contributed by atoms with van der Waals surface area (Å²) in [5.41, 5.74) is 8.04. The van der Waals surface area contributed by atoms with Crippen molar-refractivity contribution >= 4 is 5.91 Å². The van der Waals surface area contributed by atoms with Crippen LogP contribution in [-0.2, 0) is 4.79 Å². The minimum absolute atomic E-state index is 0.265. The van der Waals surface area contributed by atoms with E-state index < -0.39 is 0 Å². The van der Waals surface area contributed by atoms with Gasteiger partial charge in [0.05, 0.1) is 0 Å². The highest BCUT2D eigenvalue weighted by molar-refractivity contribution is 5.81. The van der Waals surface area contributed by atoms with Gasteiger partial charge >= 0.3 is 0 Å². The number of carbonyl (C=O) groups excluding carboxylic acids is 1. The summed E-state index contributed by atoms with van der Waals surface area (Å²) in [6, 6.07) is 8.56. The van der Waals surface area contributed by atoms with E-state index in [1.54, 1.807) is 0 Å². The molecule has 0 aromatic heterocycles. The Morgan fingerprint density at radius 2 is 1.62 bits per heavy atom. The molecule has 2 aliphatic carbocycles. The van der Waals surface area contributed by atoms with Gasteiger partial charge in [-0.3, -0.25) is 10.1 Å². The van der Waals surface area contributed by atoms with Crippen molar-refractivity contribution in [1.29, 1.82) is 0 Å². The summed E-state index contributed by atoms with van der Waals surface area (Å²) in [7, 11) is 0. The van der Waals surface area contributed by atoms with E-state index in [-0.39, 0.29) is 11.9 Å². The standard InChI is InChI=1S/C18H26N2O/c19-18(21)17(20-16-5-3-1-2-4-6-16)15-11-9-14(10-12-15)13-7-8-13/h9-13,16-17,20H,1-8H2,(H2,19,21). The third-order valence-corrected chi connectivity index (χ3v) is 4.86. The number of hydrogen-bond donors (Lipinski definition) is 2. The Hall–Kier alpha value is -1.35. The Labute approximate surface area is 127 Å². The van der Waals surface area contributed by atoms with Gasteiger partial charge in [0.1, 0.15) is 6.04 Å². The Balaban J connectivity index is 1.69. The van der Waals surface area contributed by atoms with E-state index in [9.17, 15) is 4.79 Å². The minimum Gasteiger partial charge on any atom is -0.368 e. The van der Waals surface area contributed by atoms with Gasteiger partial charge in [-0.15, -0.1) is 0 Å². The molecular weight excluding hydrogens is 260 g/mol. The van der Waals surface area contributed by atoms with E-state index >= 15 is 0 Å². The van der Waals surface area contributed by atoms with Crippen LogP contribution in [0.3, 0.4) is 0 Å². The van der Waals surface area contributed by atoms with Crippen molar-refractivity contribution in [3.63, 3.8) is 0 Å². The number of hydrogen-bond acceptors (Lipinski definition) is 2. The second-order valence-corrected chi connectivity index (χ2v) is 6.63. The number of benzene rings is 1. The van der Waals surface area contributed by atoms with Crippen molar-refractivity contribution in [2.45, 2.75) is 69.4 Å². The molecule has 2 aliphatic rings. The lowest BCUT2D eigenvalue weighted by atomic mass is 10.00. The molecule has 0 radical (unpaired) electrons. The van der Waals surface area contributed by atoms with Crippen molar-refractivity contribution in [2.24, 2.45) is 5.73 Å². The van der Waals surface area contributed by atoms with Gasteiger partial charge in [-0.1, -0.05) is 49.9 Å². The monoisotopic (exact) mass is 286 g/mol. The van der Waals surface area contributed by atoms with Crippen LogP contribution in [0.1, 0.15) is 74.5 Å². The van der Waals surface area contributed by atoms with E-state index in [1.165, 1.54) is 44.1 Å². The van der Waals surface area contributed by atoms with Crippen LogP contribution in [0.4, 0.5) is 0 Å². The van der Waals surface area contributed by atoms with Gasteiger partial charge in [-0.05, 0) is 42.7 Å². The highest BCUT2D eigenvalue weighted by Crippen LogP contribution is 2.40. The summed E-state index contributed by atoms with van der Waals surface area (Å²) < 4.78 is 0. The molecule has 1 unspecified atom stereocenters. The average Bonchev–Trinajstić information content (AvgIpc) is 3.32. The SMILES string of the molecule is NC(=O)C(NC1CCCCCC1)c1ccc(C2CC2)cc1. The Kier molecular flexibility index (Phi) is 4.59. The van der Waals surface area contributed by atoms with Crippen LogP contribution in [-0.4, -0.2) is 11.9 Å². The summed E-state index contributed by atoms with van der Waals surface area (Å²) in [4.78, 5) is 11.9. The van der Waals surface area contributed by atoms with E-state index in [4.69, 9.17) is 5.73 Å². The van der Waals surface area contributed by atoms with Crippen molar-refractivity contribution in [1.82, 2.24) is 5.32 Å². The highest BCUT2D eigenvalue weighted by atomic mass is 16.1. The first-order valence-electron chi connectivity index (χ1n) is 8.39. The molecule has 0 bridgehead atoms. The van der Waals surface area contributed by atoms with Crippen LogP contribution >= 0.6 is 0 Å². The van der Waals surface area contributed by atoms with Crippen LogP contribution in [0.2, 0.25) is 0 Å². The highest BCUT2D eigenvalue weighted by Gasteiger charge is 2.25. The topological polar surface area (TPSA) is 55.1 Å². The van der Waals surface area contributed by atoms with Crippen molar-refractivity contribution in [2.75, 3.05) is 0 Å². The van der Waals surface area contributed by atoms with E-state index in [0.29, 0.717) is 6.04 Å². The summed E-state index contributed by atoms with van der Waals surface area (Å²) in [6.45, 7) is 0. The van der Waals surface area contributed by atoms with Crippen molar-refractivity contribution in [3.8, 4) is 0 Å². The molecule has 3 heteroatoms. The fraction of sp³-hybridized carbons (Fsp3) is 0.611. The molecule has 114 valence electrons. The summed E-state index contributed by atoms with van der Waals surface area (Å²) in [5, 5.41) is 3.50. The molecule has 2 fully saturated rings. The van der Waals surface area contributed by atoms with Crippen LogP contribution in [0.15, 0.2) is 24.3 Å². The summed E-state index contributed by atoms with van der Waals surface area (Å²) in [5.74, 6) is 0.485. The van der Waals surface area contributed by atoms with Crippen LogP contribution in [0.5, 0.6) is 0 Å². The fourth-order valence-electron chi connectivity index (χ4n) is 3.40. The number of rotatable bonds is 5. The van der Waals surface area contributed by atoms with Crippen LogP contribution in [0.25, 0.3) is 0 Å². The van der Waals surface area contributed by atoms with Gasteiger partial charge < -0.3 is 5.73 Å². The quantitative estimate of drug-likeness (QED) is 0.815. The lowest BCUT2D eigenvalue weighted by Gasteiger charge is -2.23. The Morgan fingerprint density at radius 3 is 2.14 bits per heavy atom. The molecule has 0 saturated heterocycles. The van der Waals surface area contributed by atoms with Gasteiger partial charge in [0.25, 0.3) is 0 Å². The zero-order valence-electron chi connectivity index (χ0n) is 12.7. The lowest BCUT2D eigenvalue weighted by Crippen LogP contribution is -2.39. The molecule has 21 heavy (non-hydrogen) atoms. The van der Waals surface area contributed by atoms with E-state index in [2.05, 4.69) is 29.6 Å². The van der Waals surface area contributed by atoms with Crippen LogP contribution in [0, 0.1) is 0 Å². The first-order valence-corrected chi connectivity index (χ1v) is 8.39. The maximum Gasteiger partial charge on any atom is 0.239 e. The smallest absolute Gasteiger partial charge is 0.239 e. The van der Waals surface area contributed by atoms with Crippen LogP contribution < -0.4 is 11.1 Å². The molecule has 3 N–H and O–H groups in total. The molecule has 3 nitrogen and oxygen atoms in total. The minimum atomic E-state index is -0.346.